The van der Waals surface area contributed by atoms with Crippen molar-refractivity contribution in [3.8, 4) is 0 Å². The number of aryl methyl sites for hydroxylation is 1. The van der Waals surface area contributed by atoms with E-state index in [0.29, 0.717) is 6.42 Å². The van der Waals surface area contributed by atoms with E-state index in [-0.39, 0.29) is 0 Å². The zero-order chi connectivity index (χ0) is 10.8. The van der Waals surface area contributed by atoms with Gasteiger partial charge in [-0.25, -0.2) is 0 Å². The summed E-state index contributed by atoms with van der Waals surface area (Å²) in [6, 6.07) is 5.26. The highest BCUT2D eigenvalue weighted by atomic mass is 32.2. The van der Waals surface area contributed by atoms with Crippen molar-refractivity contribution in [3.05, 3.63) is 29.3 Å². The van der Waals surface area contributed by atoms with Crippen molar-refractivity contribution in [2.24, 2.45) is 5.73 Å². The third-order valence-electron chi connectivity index (χ3n) is 2.55. The topological polar surface area (TPSA) is 63.3 Å². The minimum atomic E-state index is -0.935. The number of hydrogen-bond acceptors (Lipinski definition) is 3. The van der Waals surface area contributed by atoms with Crippen molar-refractivity contribution < 1.29 is 9.90 Å². The predicted octanol–water partition coefficient (Wildman–Crippen LogP) is 1.29. The second-order valence-corrected chi connectivity index (χ2v) is 4.76. The van der Waals surface area contributed by atoms with E-state index < -0.39 is 12.0 Å². The monoisotopic (exact) mass is 223 g/mol. The molecule has 0 saturated carbocycles. The summed E-state index contributed by atoms with van der Waals surface area (Å²) in [5.74, 6) is 0.157. The summed E-state index contributed by atoms with van der Waals surface area (Å²) < 4.78 is 0. The van der Waals surface area contributed by atoms with Crippen molar-refractivity contribution in [1.29, 1.82) is 0 Å². The van der Waals surface area contributed by atoms with Crippen LogP contribution >= 0.6 is 11.8 Å². The Morgan fingerprint density at radius 2 is 2.40 bits per heavy atom. The Balaban J connectivity index is 2.22. The van der Waals surface area contributed by atoms with Crippen molar-refractivity contribution in [2.75, 3.05) is 5.75 Å². The average Bonchev–Trinajstić information content (AvgIpc) is 2.66. The number of hydrogen-bond donors (Lipinski definition) is 2. The number of rotatable bonds is 3. The van der Waals surface area contributed by atoms with Gasteiger partial charge in [0.1, 0.15) is 6.04 Å². The summed E-state index contributed by atoms with van der Waals surface area (Å²) in [5, 5.41) is 8.76. The van der Waals surface area contributed by atoms with Gasteiger partial charge in [-0.2, -0.15) is 0 Å². The van der Waals surface area contributed by atoms with Gasteiger partial charge in [0, 0.05) is 10.6 Å². The lowest BCUT2D eigenvalue weighted by Gasteiger charge is -2.10. The number of carboxylic acids is 1. The maximum atomic E-state index is 10.7. The van der Waals surface area contributed by atoms with Gasteiger partial charge in [-0.1, -0.05) is 18.2 Å². The van der Waals surface area contributed by atoms with E-state index in [4.69, 9.17) is 10.8 Å². The first-order valence-electron chi connectivity index (χ1n) is 4.90. The van der Waals surface area contributed by atoms with Gasteiger partial charge in [-0.15, -0.1) is 11.8 Å². The van der Waals surface area contributed by atoms with Crippen LogP contribution in [0.5, 0.6) is 0 Å². The van der Waals surface area contributed by atoms with Crippen LogP contribution in [0, 0.1) is 0 Å². The molecule has 1 unspecified atom stereocenters. The Hall–Kier alpha value is -1.00. The lowest BCUT2D eigenvalue weighted by atomic mass is 10.0. The van der Waals surface area contributed by atoms with E-state index in [9.17, 15) is 4.79 Å². The first-order chi connectivity index (χ1) is 7.18. The lowest BCUT2D eigenvalue weighted by molar-refractivity contribution is -0.138. The van der Waals surface area contributed by atoms with E-state index in [0.717, 1.165) is 17.7 Å². The number of carbonyl (C=O) groups is 1. The number of fused-ring (bicyclic) bond motifs is 1. The first-order valence-corrected chi connectivity index (χ1v) is 5.89. The van der Waals surface area contributed by atoms with Gasteiger partial charge in [-0.05, 0) is 24.0 Å². The molecule has 15 heavy (non-hydrogen) atoms. The summed E-state index contributed by atoms with van der Waals surface area (Å²) >= 11 is 1.80. The van der Waals surface area contributed by atoms with Crippen LogP contribution in [0.2, 0.25) is 0 Å². The maximum Gasteiger partial charge on any atom is 0.320 e. The number of aliphatic carboxylic acids is 1. The van der Waals surface area contributed by atoms with Crippen LogP contribution in [0.15, 0.2) is 23.1 Å². The molecule has 2 rings (SSSR count). The Kier molecular flexibility index (Phi) is 2.98. The molecule has 1 aliphatic rings. The van der Waals surface area contributed by atoms with Crippen molar-refractivity contribution in [3.63, 3.8) is 0 Å². The summed E-state index contributed by atoms with van der Waals surface area (Å²) in [5.41, 5.74) is 7.94. The van der Waals surface area contributed by atoms with Crippen LogP contribution in [0.4, 0.5) is 0 Å². The molecule has 0 radical (unpaired) electrons. The molecule has 1 atom stereocenters. The predicted molar refractivity (Wildman–Crippen MR) is 60.2 cm³/mol. The SMILES string of the molecule is NC(Cc1cccc2c1SCC2)C(=O)O. The quantitative estimate of drug-likeness (QED) is 0.810. The molecule has 3 N–H and O–H groups in total. The maximum absolute atomic E-state index is 10.7. The van der Waals surface area contributed by atoms with Crippen molar-refractivity contribution in [1.82, 2.24) is 0 Å². The highest BCUT2D eigenvalue weighted by Crippen LogP contribution is 2.34. The molecular formula is C11H13NO2S. The van der Waals surface area contributed by atoms with Gasteiger partial charge in [-0.3, -0.25) is 4.79 Å². The smallest absolute Gasteiger partial charge is 0.320 e. The van der Waals surface area contributed by atoms with Crippen LogP contribution in [-0.4, -0.2) is 22.9 Å². The number of thioether (sulfide) groups is 1. The van der Waals surface area contributed by atoms with Gasteiger partial charge in [0.15, 0.2) is 0 Å². The molecule has 0 fully saturated rings. The fraction of sp³-hybridized carbons (Fsp3) is 0.364. The molecular weight excluding hydrogens is 210 g/mol. The average molecular weight is 223 g/mol. The van der Waals surface area contributed by atoms with Gasteiger partial charge in [0.25, 0.3) is 0 Å². The summed E-state index contributed by atoms with van der Waals surface area (Å²) in [4.78, 5) is 11.9. The molecule has 0 amide bonds. The zero-order valence-electron chi connectivity index (χ0n) is 8.27. The Bertz CT molecular complexity index is 392. The van der Waals surface area contributed by atoms with Crippen LogP contribution in [0.25, 0.3) is 0 Å². The van der Waals surface area contributed by atoms with Gasteiger partial charge < -0.3 is 10.8 Å². The fourth-order valence-electron chi connectivity index (χ4n) is 1.77. The van der Waals surface area contributed by atoms with Crippen LogP contribution in [0.1, 0.15) is 11.1 Å². The molecule has 1 aliphatic heterocycles. The van der Waals surface area contributed by atoms with Gasteiger partial charge in [0.2, 0.25) is 0 Å². The molecule has 0 spiro atoms. The van der Waals surface area contributed by atoms with Crippen molar-refractivity contribution >= 4 is 17.7 Å². The molecule has 80 valence electrons. The molecule has 1 aromatic carbocycles. The molecule has 1 heterocycles. The molecule has 0 aromatic heterocycles. The zero-order valence-corrected chi connectivity index (χ0v) is 9.09. The van der Waals surface area contributed by atoms with Crippen LogP contribution in [-0.2, 0) is 17.6 Å². The Morgan fingerprint density at radius 1 is 1.60 bits per heavy atom. The minimum Gasteiger partial charge on any atom is -0.480 e. The number of carboxylic acid groups (broad SMARTS) is 1. The second-order valence-electron chi connectivity index (χ2n) is 3.65. The number of benzene rings is 1. The third kappa shape index (κ3) is 2.16. The standard InChI is InChI=1S/C11H13NO2S/c12-9(11(13)14)6-8-3-1-2-7-4-5-15-10(7)8/h1-3,9H,4-6,12H2,(H,13,14). The molecule has 1 aromatic rings. The van der Waals surface area contributed by atoms with Crippen molar-refractivity contribution in [2.45, 2.75) is 23.8 Å². The van der Waals surface area contributed by atoms with E-state index in [1.807, 2.05) is 12.1 Å². The van der Waals surface area contributed by atoms with E-state index in [1.54, 1.807) is 11.8 Å². The summed E-state index contributed by atoms with van der Waals surface area (Å²) in [6.07, 6.45) is 1.50. The Morgan fingerprint density at radius 3 is 3.13 bits per heavy atom. The van der Waals surface area contributed by atoms with E-state index in [1.165, 1.54) is 10.5 Å². The third-order valence-corrected chi connectivity index (χ3v) is 3.77. The molecule has 4 heteroatoms. The van der Waals surface area contributed by atoms with Crippen LogP contribution < -0.4 is 5.73 Å². The van der Waals surface area contributed by atoms with E-state index >= 15 is 0 Å². The summed E-state index contributed by atoms with van der Waals surface area (Å²) in [7, 11) is 0. The number of nitrogens with two attached hydrogens (primary N) is 1. The highest BCUT2D eigenvalue weighted by Gasteiger charge is 2.19. The van der Waals surface area contributed by atoms with Gasteiger partial charge >= 0.3 is 5.97 Å². The molecule has 0 aliphatic carbocycles. The highest BCUT2D eigenvalue weighted by molar-refractivity contribution is 7.99. The molecule has 0 saturated heterocycles. The largest absolute Gasteiger partial charge is 0.480 e. The first kappa shape index (κ1) is 10.5. The fourth-order valence-corrected chi connectivity index (χ4v) is 2.99. The minimum absolute atomic E-state index is 0.422. The molecule has 0 bridgehead atoms. The normalized spacial score (nSPS) is 16.1. The van der Waals surface area contributed by atoms with E-state index in [2.05, 4.69) is 6.07 Å². The summed E-state index contributed by atoms with van der Waals surface area (Å²) in [6.45, 7) is 0. The van der Waals surface area contributed by atoms with Crippen LogP contribution in [0.3, 0.4) is 0 Å². The van der Waals surface area contributed by atoms with Gasteiger partial charge in [0.05, 0.1) is 0 Å². The molecule has 3 nitrogen and oxygen atoms in total. The lowest BCUT2D eigenvalue weighted by Crippen LogP contribution is -2.32. The Labute approximate surface area is 92.7 Å². The second kappa shape index (κ2) is 4.24.